The highest BCUT2D eigenvalue weighted by atomic mass is 19.3. The lowest BCUT2D eigenvalue weighted by atomic mass is 9.64. The van der Waals surface area contributed by atoms with Crippen molar-refractivity contribution < 1.29 is 18.7 Å². The van der Waals surface area contributed by atoms with E-state index in [1.165, 1.54) is 6.07 Å². The highest BCUT2D eigenvalue weighted by Crippen LogP contribution is 2.60. The zero-order valence-corrected chi connectivity index (χ0v) is 22.2. The molecule has 1 aliphatic rings. The number of aromatic nitrogens is 3. The van der Waals surface area contributed by atoms with Crippen molar-refractivity contribution in [1.82, 2.24) is 14.4 Å². The Morgan fingerprint density at radius 1 is 1.18 bits per heavy atom. The molecule has 2 aromatic carbocycles. The molecule has 0 amide bonds. The first kappa shape index (κ1) is 26.5. The molecule has 202 valence electrons. The zero-order valence-electron chi connectivity index (χ0n) is 22.2. The van der Waals surface area contributed by atoms with Gasteiger partial charge in [0.1, 0.15) is 22.9 Å². The highest BCUT2D eigenvalue weighted by molar-refractivity contribution is 5.85. The number of aliphatic carboxylic acids is 1. The molecule has 1 aliphatic carbocycles. The van der Waals surface area contributed by atoms with E-state index in [1.54, 1.807) is 24.4 Å². The zero-order chi connectivity index (χ0) is 28.1. The van der Waals surface area contributed by atoms with Crippen LogP contribution >= 0.6 is 0 Å². The van der Waals surface area contributed by atoms with Gasteiger partial charge in [0.05, 0.1) is 5.41 Å². The van der Waals surface area contributed by atoms with Crippen molar-refractivity contribution in [2.45, 2.75) is 51.9 Å². The van der Waals surface area contributed by atoms with E-state index in [0.29, 0.717) is 29.9 Å². The maximum absolute atomic E-state index is 13.2. The molecule has 1 fully saturated rings. The fourth-order valence-corrected chi connectivity index (χ4v) is 6.27. The number of imidazole rings is 1. The van der Waals surface area contributed by atoms with Crippen molar-refractivity contribution in [3.8, 4) is 11.3 Å². The van der Waals surface area contributed by atoms with Gasteiger partial charge in [-0.3, -0.25) is 9.20 Å². The topological polar surface area (TPSA) is 93.5 Å². The second-order valence-corrected chi connectivity index (χ2v) is 11.0. The molecule has 0 saturated heterocycles. The second-order valence-electron chi connectivity index (χ2n) is 11.0. The minimum Gasteiger partial charge on any atom is -0.481 e. The Balaban J connectivity index is 1.56. The van der Waals surface area contributed by atoms with Gasteiger partial charge in [-0.15, -0.1) is 6.58 Å². The summed E-state index contributed by atoms with van der Waals surface area (Å²) in [6.07, 6.45) is 3.59. The Bertz CT molecular complexity index is 1560. The summed E-state index contributed by atoms with van der Waals surface area (Å²) in [5, 5.41) is 10.1. The summed E-state index contributed by atoms with van der Waals surface area (Å²) in [7, 11) is 0. The van der Waals surface area contributed by atoms with Crippen LogP contribution in [0.4, 0.5) is 14.6 Å². The first-order chi connectivity index (χ1) is 18.5. The molecule has 3 atom stereocenters. The molecule has 0 aliphatic heterocycles. The summed E-state index contributed by atoms with van der Waals surface area (Å²) in [6, 6.07) is 14.3. The van der Waals surface area contributed by atoms with Crippen LogP contribution < -0.4 is 5.73 Å². The second kappa shape index (κ2) is 9.59. The summed E-state index contributed by atoms with van der Waals surface area (Å²) in [5.41, 5.74) is 8.60. The first-order valence-corrected chi connectivity index (χ1v) is 13.0. The molecule has 0 spiro atoms. The number of anilines is 1. The molecule has 5 rings (SSSR count). The molecule has 0 unspecified atom stereocenters. The Morgan fingerprint density at radius 3 is 2.49 bits per heavy atom. The summed E-state index contributed by atoms with van der Waals surface area (Å²) >= 11 is 0. The van der Waals surface area contributed by atoms with Gasteiger partial charge < -0.3 is 10.8 Å². The van der Waals surface area contributed by atoms with Gasteiger partial charge in [-0.25, -0.2) is 18.7 Å². The average molecular weight is 531 g/mol. The molecule has 0 bridgehead atoms. The molecule has 6 nitrogen and oxygen atoms in total. The summed E-state index contributed by atoms with van der Waals surface area (Å²) in [6.45, 7) is 9.79. The number of carboxylic acids is 1. The first-order valence-electron chi connectivity index (χ1n) is 13.0. The number of nitrogens with zero attached hydrogens (tertiary/aromatic N) is 3. The van der Waals surface area contributed by atoms with Gasteiger partial charge in [-0.2, -0.15) is 0 Å². The van der Waals surface area contributed by atoms with Gasteiger partial charge in [0, 0.05) is 35.4 Å². The molecule has 3 N–H and O–H groups in total. The molecule has 8 heteroatoms. The molecule has 2 aromatic heterocycles. The van der Waals surface area contributed by atoms with Crippen molar-refractivity contribution in [2.24, 2.45) is 10.8 Å². The number of carboxylic acid groups (broad SMARTS) is 1. The van der Waals surface area contributed by atoms with E-state index in [1.807, 2.05) is 61.7 Å². The van der Waals surface area contributed by atoms with Gasteiger partial charge in [-0.05, 0) is 35.4 Å². The summed E-state index contributed by atoms with van der Waals surface area (Å²) in [4.78, 5) is 21.7. The number of hydrogen-bond donors (Lipinski definition) is 2. The minimum absolute atomic E-state index is 0.00848. The van der Waals surface area contributed by atoms with Crippen LogP contribution in [0.5, 0.6) is 0 Å². The lowest BCUT2D eigenvalue weighted by Crippen LogP contribution is -2.41. The van der Waals surface area contributed by atoms with Crippen molar-refractivity contribution in [1.29, 1.82) is 0 Å². The lowest BCUT2D eigenvalue weighted by molar-refractivity contribution is -0.151. The third-order valence-electron chi connectivity index (χ3n) is 8.85. The number of nitrogens with two attached hydrogens (primary N) is 1. The van der Waals surface area contributed by atoms with Gasteiger partial charge in [0.2, 0.25) is 0 Å². The van der Waals surface area contributed by atoms with Crippen LogP contribution in [0.25, 0.3) is 16.8 Å². The van der Waals surface area contributed by atoms with Gasteiger partial charge >= 0.3 is 5.97 Å². The van der Waals surface area contributed by atoms with Crippen molar-refractivity contribution in [3.05, 3.63) is 96.1 Å². The number of halogens is 2. The minimum atomic E-state index is -2.51. The Labute approximate surface area is 226 Å². The third kappa shape index (κ3) is 4.09. The highest BCUT2D eigenvalue weighted by Gasteiger charge is 2.59. The van der Waals surface area contributed by atoms with Crippen LogP contribution in [-0.4, -0.2) is 25.4 Å². The average Bonchev–Trinajstić information content (AvgIpc) is 3.43. The van der Waals surface area contributed by atoms with E-state index >= 15 is 0 Å². The molecule has 0 radical (unpaired) electrons. The molecule has 4 aromatic rings. The maximum Gasteiger partial charge on any atom is 0.314 e. The van der Waals surface area contributed by atoms with E-state index in [9.17, 15) is 18.7 Å². The van der Waals surface area contributed by atoms with Crippen LogP contribution in [0.15, 0.2) is 73.6 Å². The molecular formula is C31H32F2N4O2. The molecule has 2 heterocycles. The standard InChI is InChI=1S/C31H32F2N4O2/c1-5-31(29(38)39)14-13-23(30(31,3)4)28-36-24(25-27(34)35-15-16-37(25)28)20-11-9-19(10-12-20)18(2)21-7-6-8-22(17-21)26(32)33/h5-12,15-18,23,26H,1,13-14H2,2-4H3,(H2,34,35)(H,38,39)/t18-,23-,31+/m0/s1. The summed E-state index contributed by atoms with van der Waals surface area (Å²) in [5.74, 6) is -0.0462. The van der Waals surface area contributed by atoms with Crippen LogP contribution in [0.1, 0.15) is 74.4 Å². The molecular weight excluding hydrogens is 498 g/mol. The van der Waals surface area contributed by atoms with Crippen molar-refractivity contribution >= 4 is 17.3 Å². The van der Waals surface area contributed by atoms with E-state index in [0.717, 1.165) is 22.5 Å². The number of hydrogen-bond acceptors (Lipinski definition) is 4. The van der Waals surface area contributed by atoms with E-state index in [-0.39, 0.29) is 17.4 Å². The maximum atomic E-state index is 13.2. The lowest BCUT2D eigenvalue weighted by Gasteiger charge is -2.38. The Hall–Kier alpha value is -4.07. The fraction of sp³-hybridized carbons (Fsp3) is 0.323. The van der Waals surface area contributed by atoms with Gasteiger partial charge in [0.25, 0.3) is 6.43 Å². The summed E-state index contributed by atoms with van der Waals surface area (Å²) < 4.78 is 28.4. The van der Waals surface area contributed by atoms with Crippen LogP contribution in [0, 0.1) is 10.8 Å². The van der Waals surface area contributed by atoms with E-state index in [2.05, 4.69) is 11.6 Å². The van der Waals surface area contributed by atoms with Crippen LogP contribution in [0.3, 0.4) is 0 Å². The number of nitrogen functional groups attached to an aromatic ring is 1. The smallest absolute Gasteiger partial charge is 0.314 e. The Morgan fingerprint density at radius 2 is 1.87 bits per heavy atom. The number of alkyl halides is 2. The van der Waals surface area contributed by atoms with Gasteiger partial charge in [0.15, 0.2) is 0 Å². The normalized spacial score (nSPS) is 21.3. The monoisotopic (exact) mass is 530 g/mol. The van der Waals surface area contributed by atoms with Crippen LogP contribution in [0.2, 0.25) is 0 Å². The van der Waals surface area contributed by atoms with Gasteiger partial charge in [-0.1, -0.05) is 69.3 Å². The molecule has 39 heavy (non-hydrogen) atoms. The predicted octanol–water partition coefficient (Wildman–Crippen LogP) is 7.23. The predicted molar refractivity (Wildman–Crippen MR) is 148 cm³/mol. The van der Waals surface area contributed by atoms with E-state index in [4.69, 9.17) is 10.7 Å². The number of rotatable bonds is 7. The SMILES string of the molecule is C=C[C@]1(C(=O)O)CC[C@@H](c2nc(-c3ccc([C@H](C)c4cccc(C(F)F)c4)cc3)c3c(N)nccn23)C1(C)C. The number of benzene rings is 2. The van der Waals surface area contributed by atoms with E-state index < -0.39 is 23.2 Å². The quantitative estimate of drug-likeness (QED) is 0.246. The largest absolute Gasteiger partial charge is 0.481 e. The molecule has 1 saturated carbocycles. The number of carbonyl (C=O) groups is 1. The van der Waals surface area contributed by atoms with Crippen molar-refractivity contribution in [2.75, 3.05) is 5.73 Å². The third-order valence-corrected chi connectivity index (χ3v) is 8.85. The fourth-order valence-electron chi connectivity index (χ4n) is 6.27. The Kier molecular flexibility index (Phi) is 6.53. The van der Waals surface area contributed by atoms with Crippen molar-refractivity contribution in [3.63, 3.8) is 0 Å². The van der Waals surface area contributed by atoms with Crippen LogP contribution in [-0.2, 0) is 4.79 Å². The number of fused-ring (bicyclic) bond motifs is 1.